The van der Waals surface area contributed by atoms with Crippen LogP contribution < -0.4 is 14.4 Å². The van der Waals surface area contributed by atoms with Crippen LogP contribution in [-0.2, 0) is 0 Å². The maximum absolute atomic E-state index is 13.2. The lowest BCUT2D eigenvalue weighted by Gasteiger charge is -2.23. The first-order chi connectivity index (χ1) is 12.2. The summed E-state index contributed by atoms with van der Waals surface area (Å²) < 4.78 is 10.4. The molecule has 0 aliphatic rings. The molecule has 0 aliphatic carbocycles. The fourth-order valence-corrected chi connectivity index (χ4v) is 2.55. The molecule has 3 aromatic rings. The Labute approximate surface area is 147 Å². The third-order valence-corrected chi connectivity index (χ3v) is 3.89. The van der Waals surface area contributed by atoms with Crippen LogP contribution in [0.25, 0.3) is 0 Å². The van der Waals surface area contributed by atoms with E-state index in [1.165, 1.54) is 0 Å². The van der Waals surface area contributed by atoms with Gasteiger partial charge in [-0.05, 0) is 60.7 Å². The van der Waals surface area contributed by atoms with E-state index < -0.39 is 0 Å². The summed E-state index contributed by atoms with van der Waals surface area (Å²) in [6.07, 6.45) is 0. The van der Waals surface area contributed by atoms with Gasteiger partial charge in [0.1, 0.15) is 11.5 Å². The fourth-order valence-electron chi connectivity index (χ4n) is 2.55. The first kappa shape index (κ1) is 16.6. The molecule has 0 fully saturated rings. The van der Waals surface area contributed by atoms with Crippen LogP contribution in [-0.4, -0.2) is 20.1 Å². The van der Waals surface area contributed by atoms with Gasteiger partial charge in [-0.25, -0.2) is 0 Å². The summed E-state index contributed by atoms with van der Waals surface area (Å²) >= 11 is 0. The number of benzene rings is 3. The zero-order valence-corrected chi connectivity index (χ0v) is 14.2. The standard InChI is InChI=1S/C21H19NO3/c1-24-19-12-8-16(9-13-19)21(23)22(17-6-4-3-5-7-17)18-10-14-20(25-2)15-11-18/h3-15H,1-2H3. The molecule has 0 N–H and O–H groups in total. The van der Waals surface area contributed by atoms with Crippen LogP contribution in [0.4, 0.5) is 11.4 Å². The lowest BCUT2D eigenvalue weighted by Crippen LogP contribution is -2.25. The predicted molar refractivity (Wildman–Crippen MR) is 98.9 cm³/mol. The second-order valence-electron chi connectivity index (χ2n) is 5.40. The molecule has 4 heteroatoms. The smallest absolute Gasteiger partial charge is 0.262 e. The van der Waals surface area contributed by atoms with Crippen molar-refractivity contribution in [3.8, 4) is 11.5 Å². The average molecular weight is 333 g/mol. The molecule has 0 atom stereocenters. The van der Waals surface area contributed by atoms with Crippen molar-refractivity contribution in [2.24, 2.45) is 0 Å². The third-order valence-electron chi connectivity index (χ3n) is 3.89. The van der Waals surface area contributed by atoms with Gasteiger partial charge in [-0.15, -0.1) is 0 Å². The molecule has 0 bridgehead atoms. The van der Waals surface area contributed by atoms with Crippen molar-refractivity contribution < 1.29 is 14.3 Å². The molecule has 25 heavy (non-hydrogen) atoms. The normalized spacial score (nSPS) is 10.2. The summed E-state index contributed by atoms with van der Waals surface area (Å²) in [6, 6.07) is 24.1. The Morgan fingerprint density at radius 1 is 0.680 bits per heavy atom. The highest BCUT2D eigenvalue weighted by atomic mass is 16.5. The van der Waals surface area contributed by atoms with E-state index in [0.717, 1.165) is 17.1 Å². The van der Waals surface area contributed by atoms with Gasteiger partial charge in [0.25, 0.3) is 5.91 Å². The van der Waals surface area contributed by atoms with Crippen molar-refractivity contribution >= 4 is 17.3 Å². The number of hydrogen-bond donors (Lipinski definition) is 0. The second kappa shape index (κ2) is 7.53. The molecule has 0 unspecified atom stereocenters. The van der Waals surface area contributed by atoms with E-state index >= 15 is 0 Å². The highest BCUT2D eigenvalue weighted by Crippen LogP contribution is 2.29. The molecule has 3 rings (SSSR count). The minimum absolute atomic E-state index is 0.112. The first-order valence-electron chi connectivity index (χ1n) is 7.90. The van der Waals surface area contributed by atoms with Gasteiger partial charge in [0.05, 0.1) is 14.2 Å². The van der Waals surface area contributed by atoms with E-state index in [1.807, 2.05) is 54.6 Å². The van der Waals surface area contributed by atoms with Crippen molar-refractivity contribution in [3.05, 3.63) is 84.4 Å². The van der Waals surface area contributed by atoms with Crippen molar-refractivity contribution in [2.45, 2.75) is 0 Å². The van der Waals surface area contributed by atoms with Crippen LogP contribution in [0.1, 0.15) is 10.4 Å². The Bertz CT molecular complexity index is 827. The van der Waals surface area contributed by atoms with Gasteiger partial charge in [-0.2, -0.15) is 0 Å². The zero-order chi connectivity index (χ0) is 17.6. The number of carbonyl (C=O) groups is 1. The third kappa shape index (κ3) is 3.63. The highest BCUT2D eigenvalue weighted by Gasteiger charge is 2.19. The molecule has 4 nitrogen and oxygen atoms in total. The molecule has 0 radical (unpaired) electrons. The van der Waals surface area contributed by atoms with Crippen molar-refractivity contribution in [3.63, 3.8) is 0 Å². The molecule has 0 aliphatic heterocycles. The van der Waals surface area contributed by atoms with Crippen molar-refractivity contribution in [1.82, 2.24) is 0 Å². The van der Waals surface area contributed by atoms with Crippen LogP contribution in [0.5, 0.6) is 11.5 Å². The van der Waals surface area contributed by atoms with E-state index in [-0.39, 0.29) is 5.91 Å². The number of hydrogen-bond acceptors (Lipinski definition) is 3. The molecule has 0 spiro atoms. The molecule has 0 heterocycles. The van der Waals surface area contributed by atoms with E-state index in [0.29, 0.717) is 11.3 Å². The summed E-state index contributed by atoms with van der Waals surface area (Å²) in [5.74, 6) is 1.35. The van der Waals surface area contributed by atoms with E-state index in [9.17, 15) is 4.79 Å². The number of anilines is 2. The maximum Gasteiger partial charge on any atom is 0.262 e. The summed E-state index contributed by atoms with van der Waals surface area (Å²) in [6.45, 7) is 0. The van der Waals surface area contributed by atoms with Crippen molar-refractivity contribution in [1.29, 1.82) is 0 Å². The summed E-state index contributed by atoms with van der Waals surface area (Å²) in [4.78, 5) is 14.8. The Morgan fingerprint density at radius 3 is 1.68 bits per heavy atom. The zero-order valence-electron chi connectivity index (χ0n) is 14.2. The first-order valence-corrected chi connectivity index (χ1v) is 7.90. The molecule has 1 amide bonds. The number of rotatable bonds is 5. The summed E-state index contributed by atoms with van der Waals surface area (Å²) in [7, 11) is 3.22. The Morgan fingerprint density at radius 2 is 1.16 bits per heavy atom. The fraction of sp³-hybridized carbons (Fsp3) is 0.0952. The van der Waals surface area contributed by atoms with Gasteiger partial charge in [-0.1, -0.05) is 18.2 Å². The van der Waals surface area contributed by atoms with Crippen LogP contribution >= 0.6 is 0 Å². The molecule has 0 saturated carbocycles. The summed E-state index contributed by atoms with van der Waals surface area (Å²) in [5, 5.41) is 0. The number of amides is 1. The van der Waals surface area contributed by atoms with Gasteiger partial charge in [-0.3, -0.25) is 9.69 Å². The number of methoxy groups -OCH3 is 2. The van der Waals surface area contributed by atoms with Gasteiger partial charge < -0.3 is 9.47 Å². The SMILES string of the molecule is COc1ccc(C(=O)N(c2ccccc2)c2ccc(OC)cc2)cc1. The Kier molecular flexibility index (Phi) is 5.00. The van der Waals surface area contributed by atoms with E-state index in [1.54, 1.807) is 43.4 Å². The predicted octanol–water partition coefficient (Wildman–Crippen LogP) is 4.68. The number of para-hydroxylation sites is 1. The van der Waals surface area contributed by atoms with Gasteiger partial charge in [0, 0.05) is 16.9 Å². The van der Waals surface area contributed by atoms with Crippen LogP contribution in [0, 0.1) is 0 Å². The van der Waals surface area contributed by atoms with Crippen molar-refractivity contribution in [2.75, 3.05) is 19.1 Å². The van der Waals surface area contributed by atoms with Crippen LogP contribution in [0.3, 0.4) is 0 Å². The molecule has 0 saturated heterocycles. The maximum atomic E-state index is 13.2. The van der Waals surface area contributed by atoms with Gasteiger partial charge in [0.2, 0.25) is 0 Å². The largest absolute Gasteiger partial charge is 0.497 e. The van der Waals surface area contributed by atoms with Crippen LogP contribution in [0.2, 0.25) is 0 Å². The summed E-state index contributed by atoms with van der Waals surface area (Å²) in [5.41, 5.74) is 2.15. The highest BCUT2D eigenvalue weighted by molar-refractivity contribution is 6.10. The molecule has 3 aromatic carbocycles. The second-order valence-corrected chi connectivity index (χ2v) is 5.40. The number of nitrogens with zero attached hydrogens (tertiary/aromatic N) is 1. The van der Waals surface area contributed by atoms with E-state index in [2.05, 4.69) is 0 Å². The molecular formula is C21H19NO3. The Balaban J connectivity index is 2.01. The molecular weight excluding hydrogens is 314 g/mol. The number of carbonyl (C=O) groups excluding carboxylic acids is 1. The van der Waals surface area contributed by atoms with Gasteiger partial charge >= 0.3 is 0 Å². The number of ether oxygens (including phenoxy) is 2. The van der Waals surface area contributed by atoms with Crippen LogP contribution in [0.15, 0.2) is 78.9 Å². The van der Waals surface area contributed by atoms with E-state index in [4.69, 9.17) is 9.47 Å². The monoisotopic (exact) mass is 333 g/mol. The van der Waals surface area contributed by atoms with Gasteiger partial charge in [0.15, 0.2) is 0 Å². The lowest BCUT2D eigenvalue weighted by atomic mass is 10.1. The Hall–Kier alpha value is -3.27. The minimum Gasteiger partial charge on any atom is -0.497 e. The quantitative estimate of drug-likeness (QED) is 0.680. The minimum atomic E-state index is -0.112. The lowest BCUT2D eigenvalue weighted by molar-refractivity contribution is 0.0999. The molecule has 0 aromatic heterocycles. The topological polar surface area (TPSA) is 38.8 Å². The average Bonchev–Trinajstić information content (AvgIpc) is 2.69. The molecule has 126 valence electrons.